The lowest BCUT2D eigenvalue weighted by Gasteiger charge is -2.18. The average Bonchev–Trinajstić information content (AvgIpc) is 3.45. The Morgan fingerprint density at radius 1 is 1.00 bits per heavy atom. The van der Waals surface area contributed by atoms with Crippen LogP contribution in [0.2, 0.25) is 10.0 Å². The van der Waals surface area contributed by atoms with Gasteiger partial charge in [-0.3, -0.25) is 4.79 Å². The Labute approximate surface area is 184 Å². The molecule has 4 aromatic rings. The van der Waals surface area contributed by atoms with Gasteiger partial charge in [-0.25, -0.2) is 4.68 Å². The summed E-state index contributed by atoms with van der Waals surface area (Å²) < 4.78 is 3.99. The molecule has 0 atom stereocenters. The van der Waals surface area contributed by atoms with E-state index in [2.05, 4.69) is 19.1 Å². The highest BCUT2D eigenvalue weighted by Gasteiger charge is 2.32. The third-order valence-corrected chi connectivity index (χ3v) is 5.84. The first-order valence-corrected chi connectivity index (χ1v) is 10.3. The molecule has 0 radical (unpaired) electrons. The van der Waals surface area contributed by atoms with Gasteiger partial charge in [-0.2, -0.15) is 5.10 Å². The van der Waals surface area contributed by atoms with Crippen molar-refractivity contribution < 1.29 is 4.79 Å². The van der Waals surface area contributed by atoms with Gasteiger partial charge >= 0.3 is 0 Å². The summed E-state index contributed by atoms with van der Waals surface area (Å²) in [5.74, 6) is 0.786. The summed E-state index contributed by atoms with van der Waals surface area (Å²) in [6.07, 6.45) is 3.98. The maximum absolute atomic E-state index is 13.1. The number of aromatic nitrogens is 3. The molecule has 0 spiro atoms. The standard InChI is InChI=1S/C23H18Cl2N4O/c1-15-5-4-6-17(11-15)29-22(27-9-2-3-10-27)19-13-28(14-21(19)26-29)23(30)18-12-16(24)7-8-20(18)25/h2-12H,13-14H2,1H3. The predicted octanol–water partition coefficient (Wildman–Crippen LogP) is 5.43. The lowest BCUT2D eigenvalue weighted by Crippen LogP contribution is -2.26. The van der Waals surface area contributed by atoms with E-state index in [1.54, 1.807) is 23.1 Å². The van der Waals surface area contributed by atoms with Crippen LogP contribution in [0.3, 0.4) is 0 Å². The molecular formula is C23H18Cl2N4O. The summed E-state index contributed by atoms with van der Waals surface area (Å²) >= 11 is 12.3. The molecule has 1 aliphatic rings. The van der Waals surface area contributed by atoms with Gasteiger partial charge in [-0.15, -0.1) is 0 Å². The van der Waals surface area contributed by atoms with Gasteiger partial charge in [0, 0.05) is 23.0 Å². The van der Waals surface area contributed by atoms with Crippen molar-refractivity contribution in [2.75, 3.05) is 0 Å². The van der Waals surface area contributed by atoms with E-state index in [0.717, 1.165) is 28.3 Å². The zero-order valence-electron chi connectivity index (χ0n) is 16.2. The maximum atomic E-state index is 13.1. The van der Waals surface area contributed by atoms with Crippen LogP contribution in [-0.4, -0.2) is 25.2 Å². The summed E-state index contributed by atoms with van der Waals surface area (Å²) in [6, 6.07) is 17.1. The van der Waals surface area contributed by atoms with Gasteiger partial charge < -0.3 is 9.47 Å². The SMILES string of the molecule is Cc1cccc(-n2nc3c(c2-n2cccc2)CN(C(=O)c2cc(Cl)ccc2Cl)C3)c1. The topological polar surface area (TPSA) is 43.1 Å². The fraction of sp³-hybridized carbons (Fsp3) is 0.130. The van der Waals surface area contributed by atoms with Crippen LogP contribution in [0.5, 0.6) is 0 Å². The number of rotatable bonds is 3. The van der Waals surface area contributed by atoms with Gasteiger partial charge in [0.05, 0.1) is 35.1 Å². The molecule has 5 nitrogen and oxygen atoms in total. The third kappa shape index (κ3) is 3.20. The number of nitrogens with zero attached hydrogens (tertiary/aromatic N) is 4. The van der Waals surface area contributed by atoms with Crippen LogP contribution < -0.4 is 0 Å². The predicted molar refractivity (Wildman–Crippen MR) is 118 cm³/mol. The van der Waals surface area contributed by atoms with Crippen LogP contribution in [0.4, 0.5) is 0 Å². The van der Waals surface area contributed by atoms with E-state index in [1.165, 1.54) is 0 Å². The Morgan fingerprint density at radius 2 is 1.80 bits per heavy atom. The minimum atomic E-state index is -0.152. The minimum Gasteiger partial charge on any atom is -0.328 e. The van der Waals surface area contributed by atoms with Gasteiger partial charge in [-0.05, 0) is 55.0 Å². The van der Waals surface area contributed by atoms with Gasteiger partial charge in [0.1, 0.15) is 5.82 Å². The second-order valence-corrected chi connectivity index (χ2v) is 8.22. The zero-order valence-corrected chi connectivity index (χ0v) is 17.7. The number of hydrogen-bond donors (Lipinski definition) is 0. The molecule has 0 saturated heterocycles. The summed E-state index contributed by atoms with van der Waals surface area (Å²) in [5.41, 5.74) is 4.46. The van der Waals surface area contributed by atoms with Crippen molar-refractivity contribution in [3.63, 3.8) is 0 Å². The van der Waals surface area contributed by atoms with Crippen molar-refractivity contribution in [1.29, 1.82) is 0 Å². The molecule has 30 heavy (non-hydrogen) atoms. The van der Waals surface area contributed by atoms with Crippen molar-refractivity contribution in [1.82, 2.24) is 19.2 Å². The third-order valence-electron chi connectivity index (χ3n) is 5.27. The number of benzene rings is 2. The smallest absolute Gasteiger partial charge is 0.256 e. The first kappa shape index (κ1) is 19.0. The minimum absolute atomic E-state index is 0.152. The van der Waals surface area contributed by atoms with Gasteiger partial charge in [-0.1, -0.05) is 35.3 Å². The van der Waals surface area contributed by atoms with E-state index in [1.807, 2.05) is 45.9 Å². The van der Waals surface area contributed by atoms with E-state index < -0.39 is 0 Å². The first-order chi connectivity index (χ1) is 14.5. The van der Waals surface area contributed by atoms with Crippen molar-refractivity contribution in [3.8, 4) is 11.5 Å². The lowest BCUT2D eigenvalue weighted by atomic mass is 10.2. The average molecular weight is 437 g/mol. The Bertz CT molecular complexity index is 1260. The summed E-state index contributed by atoms with van der Waals surface area (Å²) in [7, 11) is 0. The molecule has 0 fully saturated rings. The number of halogens is 2. The number of fused-ring (bicyclic) bond motifs is 1. The van der Waals surface area contributed by atoms with Gasteiger partial charge in [0.15, 0.2) is 0 Å². The number of hydrogen-bond acceptors (Lipinski definition) is 2. The molecule has 0 bridgehead atoms. The Hall–Kier alpha value is -3.02. The largest absolute Gasteiger partial charge is 0.328 e. The highest BCUT2D eigenvalue weighted by atomic mass is 35.5. The molecule has 150 valence electrons. The maximum Gasteiger partial charge on any atom is 0.256 e. The van der Waals surface area contributed by atoms with E-state index in [0.29, 0.717) is 28.7 Å². The summed E-state index contributed by atoms with van der Waals surface area (Å²) in [5, 5.41) is 5.74. The molecule has 2 aromatic heterocycles. The second-order valence-electron chi connectivity index (χ2n) is 7.38. The van der Waals surface area contributed by atoms with Crippen LogP contribution in [0.15, 0.2) is 67.0 Å². The van der Waals surface area contributed by atoms with Crippen LogP contribution in [0.1, 0.15) is 27.2 Å². The van der Waals surface area contributed by atoms with Crippen LogP contribution in [-0.2, 0) is 13.1 Å². The molecule has 0 N–H and O–H groups in total. The van der Waals surface area contributed by atoms with E-state index >= 15 is 0 Å². The van der Waals surface area contributed by atoms with Crippen molar-refractivity contribution in [2.24, 2.45) is 0 Å². The van der Waals surface area contributed by atoms with Gasteiger partial charge in [0.2, 0.25) is 0 Å². The zero-order chi connectivity index (χ0) is 20.8. The van der Waals surface area contributed by atoms with Gasteiger partial charge in [0.25, 0.3) is 5.91 Å². The highest BCUT2D eigenvalue weighted by Crippen LogP contribution is 2.32. The Kier molecular flexibility index (Phi) is 4.65. The van der Waals surface area contributed by atoms with E-state index in [9.17, 15) is 4.79 Å². The number of carbonyl (C=O) groups excluding carboxylic acids is 1. The number of amides is 1. The normalized spacial score (nSPS) is 13.0. The van der Waals surface area contributed by atoms with Crippen molar-refractivity contribution >= 4 is 29.1 Å². The molecule has 3 heterocycles. The summed E-state index contributed by atoms with van der Waals surface area (Å²) in [6.45, 7) is 2.94. The van der Waals surface area contributed by atoms with Crippen LogP contribution in [0, 0.1) is 6.92 Å². The molecular weight excluding hydrogens is 419 g/mol. The molecule has 0 unspecified atom stereocenters. The quantitative estimate of drug-likeness (QED) is 0.429. The molecule has 0 aliphatic carbocycles. The molecule has 7 heteroatoms. The monoisotopic (exact) mass is 436 g/mol. The van der Waals surface area contributed by atoms with Crippen LogP contribution in [0.25, 0.3) is 11.5 Å². The van der Waals surface area contributed by atoms with Crippen LogP contribution >= 0.6 is 23.2 Å². The number of aryl methyl sites for hydroxylation is 1. The first-order valence-electron chi connectivity index (χ1n) is 9.57. The van der Waals surface area contributed by atoms with Crippen molar-refractivity contribution in [2.45, 2.75) is 20.0 Å². The fourth-order valence-electron chi connectivity index (χ4n) is 3.86. The lowest BCUT2D eigenvalue weighted by molar-refractivity contribution is 0.0749. The highest BCUT2D eigenvalue weighted by molar-refractivity contribution is 6.35. The van der Waals surface area contributed by atoms with E-state index in [4.69, 9.17) is 28.3 Å². The van der Waals surface area contributed by atoms with Crippen molar-refractivity contribution in [3.05, 3.63) is 99.4 Å². The fourth-order valence-corrected chi connectivity index (χ4v) is 4.23. The molecule has 5 rings (SSSR count). The molecule has 0 saturated carbocycles. The Balaban J connectivity index is 1.56. The van der Waals surface area contributed by atoms with E-state index in [-0.39, 0.29) is 5.91 Å². The Morgan fingerprint density at radius 3 is 2.57 bits per heavy atom. The molecule has 2 aromatic carbocycles. The number of carbonyl (C=O) groups is 1. The summed E-state index contributed by atoms with van der Waals surface area (Å²) in [4.78, 5) is 14.9. The molecule has 1 aliphatic heterocycles. The second kappa shape index (κ2) is 7.35. The molecule has 1 amide bonds.